The minimum absolute atomic E-state index is 0.483. The number of nitrogens with zero attached hydrogens (tertiary/aromatic N) is 2. The van der Waals surface area contributed by atoms with Crippen LogP contribution < -0.4 is 5.73 Å². The van der Waals surface area contributed by atoms with Gasteiger partial charge in [-0.1, -0.05) is 17.8 Å². The van der Waals surface area contributed by atoms with Crippen LogP contribution in [0.1, 0.15) is 11.1 Å². The van der Waals surface area contributed by atoms with Crippen molar-refractivity contribution in [1.82, 2.24) is 0 Å². The summed E-state index contributed by atoms with van der Waals surface area (Å²) in [7, 11) is 0. The fraction of sp³-hybridized carbons (Fsp3) is 0. The number of hydrogen-bond acceptors (Lipinski definition) is 4. The van der Waals surface area contributed by atoms with Gasteiger partial charge in [0.05, 0.1) is 22.9 Å². The van der Waals surface area contributed by atoms with Crippen LogP contribution in [-0.2, 0) is 0 Å². The van der Waals surface area contributed by atoms with E-state index in [2.05, 4.69) is 12.1 Å². The fourth-order valence-electron chi connectivity index (χ4n) is 1.48. The van der Waals surface area contributed by atoms with E-state index in [-0.39, 0.29) is 0 Å². The maximum Gasteiger partial charge on any atom is 0.102 e. The second-order valence-electron chi connectivity index (χ2n) is 3.57. The van der Waals surface area contributed by atoms with E-state index >= 15 is 0 Å². The molecule has 2 rings (SSSR count). The maximum absolute atomic E-state index is 9.07. The standard InChI is InChI=1S/C14H9N3S/c15-8-10-4-6-11(7-5-10)18-14-3-1-2-13(17)12(14)9-16/h1-7H,17H2. The first-order valence-electron chi connectivity index (χ1n) is 5.21. The molecule has 0 aliphatic rings. The Kier molecular flexibility index (Phi) is 3.52. The Morgan fingerprint density at radius 1 is 0.944 bits per heavy atom. The van der Waals surface area contributed by atoms with Crippen molar-refractivity contribution in [2.45, 2.75) is 9.79 Å². The van der Waals surface area contributed by atoms with Crippen molar-refractivity contribution in [2.75, 3.05) is 5.73 Å². The van der Waals surface area contributed by atoms with Crippen LogP contribution >= 0.6 is 11.8 Å². The van der Waals surface area contributed by atoms with Crippen molar-refractivity contribution < 1.29 is 0 Å². The Bertz CT molecular complexity index is 648. The van der Waals surface area contributed by atoms with E-state index in [1.54, 1.807) is 18.2 Å². The molecule has 2 aromatic carbocycles. The summed E-state index contributed by atoms with van der Waals surface area (Å²) in [5.41, 5.74) is 7.35. The van der Waals surface area contributed by atoms with Crippen molar-refractivity contribution in [1.29, 1.82) is 10.5 Å². The Labute approximate surface area is 109 Å². The molecule has 0 atom stereocenters. The van der Waals surface area contributed by atoms with Gasteiger partial charge in [-0.25, -0.2) is 0 Å². The van der Waals surface area contributed by atoms with Crippen LogP contribution in [0.5, 0.6) is 0 Å². The lowest BCUT2D eigenvalue weighted by Gasteiger charge is -2.05. The average molecular weight is 251 g/mol. The molecule has 0 aliphatic carbocycles. The minimum atomic E-state index is 0.483. The van der Waals surface area contributed by atoms with Crippen molar-refractivity contribution in [3.63, 3.8) is 0 Å². The molecule has 0 saturated heterocycles. The smallest absolute Gasteiger partial charge is 0.102 e. The third-order valence-corrected chi connectivity index (χ3v) is 3.45. The zero-order chi connectivity index (χ0) is 13.0. The number of nitrogens with two attached hydrogens (primary N) is 1. The summed E-state index contributed by atoms with van der Waals surface area (Å²) in [6, 6.07) is 16.8. The van der Waals surface area contributed by atoms with E-state index in [9.17, 15) is 0 Å². The lowest BCUT2D eigenvalue weighted by atomic mass is 10.2. The van der Waals surface area contributed by atoms with Gasteiger partial charge in [-0.15, -0.1) is 0 Å². The summed E-state index contributed by atoms with van der Waals surface area (Å²) in [5, 5.41) is 17.8. The molecule has 0 amide bonds. The third kappa shape index (κ3) is 2.45. The van der Waals surface area contributed by atoms with Crippen LogP contribution in [0.4, 0.5) is 5.69 Å². The quantitative estimate of drug-likeness (QED) is 0.832. The molecule has 0 unspecified atom stereocenters. The van der Waals surface area contributed by atoms with Gasteiger partial charge in [0.25, 0.3) is 0 Å². The number of rotatable bonds is 2. The molecule has 0 radical (unpaired) electrons. The number of nitriles is 2. The van der Waals surface area contributed by atoms with Gasteiger partial charge in [-0.05, 0) is 36.4 Å². The number of benzene rings is 2. The summed E-state index contributed by atoms with van der Waals surface area (Å²) in [6.07, 6.45) is 0. The molecule has 0 aromatic heterocycles. The largest absolute Gasteiger partial charge is 0.398 e. The molecule has 0 heterocycles. The van der Waals surface area contributed by atoms with Gasteiger partial charge in [-0.2, -0.15) is 10.5 Å². The monoisotopic (exact) mass is 251 g/mol. The number of hydrogen-bond donors (Lipinski definition) is 1. The Morgan fingerprint density at radius 3 is 2.28 bits per heavy atom. The molecule has 0 spiro atoms. The van der Waals surface area contributed by atoms with Gasteiger partial charge < -0.3 is 5.73 Å². The summed E-state index contributed by atoms with van der Waals surface area (Å²) in [4.78, 5) is 1.79. The van der Waals surface area contributed by atoms with E-state index in [1.165, 1.54) is 11.8 Å². The number of anilines is 1. The summed E-state index contributed by atoms with van der Waals surface area (Å²) < 4.78 is 0. The molecule has 2 aromatic rings. The molecule has 3 nitrogen and oxygen atoms in total. The number of nitrogen functional groups attached to an aromatic ring is 1. The predicted octanol–water partition coefficient (Wildman–Crippen LogP) is 3.16. The van der Waals surface area contributed by atoms with E-state index in [4.69, 9.17) is 16.3 Å². The second kappa shape index (κ2) is 5.27. The van der Waals surface area contributed by atoms with Crippen LogP contribution in [0.25, 0.3) is 0 Å². The summed E-state index contributed by atoms with van der Waals surface area (Å²) in [5.74, 6) is 0. The topological polar surface area (TPSA) is 73.6 Å². The van der Waals surface area contributed by atoms with Gasteiger partial charge in [-0.3, -0.25) is 0 Å². The molecule has 18 heavy (non-hydrogen) atoms. The molecule has 0 bridgehead atoms. The van der Waals surface area contributed by atoms with Gasteiger partial charge >= 0.3 is 0 Å². The molecular formula is C14H9N3S. The van der Waals surface area contributed by atoms with Crippen molar-refractivity contribution in [2.24, 2.45) is 0 Å². The summed E-state index contributed by atoms with van der Waals surface area (Å²) >= 11 is 1.46. The molecular weight excluding hydrogens is 242 g/mol. The van der Waals surface area contributed by atoms with Gasteiger partial charge in [0.15, 0.2) is 0 Å². The Morgan fingerprint density at radius 2 is 1.67 bits per heavy atom. The highest BCUT2D eigenvalue weighted by Gasteiger charge is 2.07. The normalized spacial score (nSPS) is 9.44. The van der Waals surface area contributed by atoms with E-state index < -0.39 is 0 Å². The van der Waals surface area contributed by atoms with Gasteiger partial charge in [0.1, 0.15) is 6.07 Å². The Hall–Kier alpha value is -2.43. The van der Waals surface area contributed by atoms with Crippen LogP contribution in [0.2, 0.25) is 0 Å². The molecule has 86 valence electrons. The maximum atomic E-state index is 9.07. The molecule has 0 fully saturated rings. The highest BCUT2D eigenvalue weighted by Crippen LogP contribution is 2.32. The van der Waals surface area contributed by atoms with Crippen molar-refractivity contribution in [3.05, 3.63) is 53.6 Å². The summed E-state index contributed by atoms with van der Waals surface area (Å²) in [6.45, 7) is 0. The molecule has 2 N–H and O–H groups in total. The van der Waals surface area contributed by atoms with E-state index in [1.807, 2.05) is 24.3 Å². The lowest BCUT2D eigenvalue weighted by Crippen LogP contribution is -1.91. The SMILES string of the molecule is N#Cc1ccc(Sc2cccc(N)c2C#N)cc1. The van der Waals surface area contributed by atoms with E-state index in [0.29, 0.717) is 16.8 Å². The van der Waals surface area contributed by atoms with Crippen molar-refractivity contribution in [3.8, 4) is 12.1 Å². The Balaban J connectivity index is 2.32. The van der Waals surface area contributed by atoms with Crippen LogP contribution in [0, 0.1) is 22.7 Å². The molecule has 4 heteroatoms. The van der Waals surface area contributed by atoms with Crippen LogP contribution in [-0.4, -0.2) is 0 Å². The minimum Gasteiger partial charge on any atom is -0.398 e. The van der Waals surface area contributed by atoms with Gasteiger partial charge in [0, 0.05) is 9.79 Å². The first-order valence-corrected chi connectivity index (χ1v) is 6.03. The average Bonchev–Trinajstić information content (AvgIpc) is 2.40. The van der Waals surface area contributed by atoms with Crippen molar-refractivity contribution >= 4 is 17.4 Å². The predicted molar refractivity (Wildman–Crippen MR) is 70.8 cm³/mol. The first-order chi connectivity index (χ1) is 8.74. The highest BCUT2D eigenvalue weighted by atomic mass is 32.2. The molecule has 0 aliphatic heterocycles. The first kappa shape index (κ1) is 12.0. The highest BCUT2D eigenvalue weighted by molar-refractivity contribution is 7.99. The molecule has 0 saturated carbocycles. The second-order valence-corrected chi connectivity index (χ2v) is 4.69. The lowest BCUT2D eigenvalue weighted by molar-refractivity contribution is 1.35. The zero-order valence-electron chi connectivity index (χ0n) is 9.42. The van der Waals surface area contributed by atoms with Crippen LogP contribution in [0.3, 0.4) is 0 Å². The zero-order valence-corrected chi connectivity index (χ0v) is 10.2. The van der Waals surface area contributed by atoms with Gasteiger partial charge in [0.2, 0.25) is 0 Å². The van der Waals surface area contributed by atoms with Crippen LogP contribution in [0.15, 0.2) is 52.3 Å². The van der Waals surface area contributed by atoms with E-state index in [0.717, 1.165) is 9.79 Å². The fourth-order valence-corrected chi connectivity index (χ4v) is 2.42. The third-order valence-electron chi connectivity index (χ3n) is 2.38.